The van der Waals surface area contributed by atoms with E-state index in [1.165, 1.54) is 0 Å². The zero-order chi connectivity index (χ0) is 18.5. The number of carbonyl (C=O) groups is 3. The van der Waals surface area contributed by atoms with Gasteiger partial charge in [0.05, 0.1) is 30.7 Å². The Morgan fingerprint density at radius 3 is 2.19 bits per heavy atom. The highest BCUT2D eigenvalue weighted by Crippen LogP contribution is 2.22. The van der Waals surface area contributed by atoms with E-state index in [1.54, 1.807) is 24.3 Å². The number of para-hydroxylation sites is 1. The highest BCUT2D eigenvalue weighted by molar-refractivity contribution is 6.21. The standard InChI is InChI=1S/C20H19NO5/c1-14-6-2-5-9-17(14)25-12-10-18(22)26-13-11-21-19(23)15-7-3-4-8-16(15)20(21)24/h2-9H,10-13H2,1H3. The third-order valence-electron chi connectivity index (χ3n) is 4.11. The van der Waals surface area contributed by atoms with Gasteiger partial charge in [-0.1, -0.05) is 30.3 Å². The first-order chi connectivity index (χ1) is 12.6. The van der Waals surface area contributed by atoms with Crippen LogP contribution in [0.2, 0.25) is 0 Å². The highest BCUT2D eigenvalue weighted by Gasteiger charge is 2.34. The molecule has 0 aromatic heterocycles. The molecule has 1 aliphatic heterocycles. The molecule has 2 aromatic carbocycles. The smallest absolute Gasteiger partial charge is 0.309 e. The van der Waals surface area contributed by atoms with Crippen LogP contribution in [0.25, 0.3) is 0 Å². The fraction of sp³-hybridized carbons (Fsp3) is 0.250. The molecule has 0 spiro atoms. The van der Waals surface area contributed by atoms with E-state index in [4.69, 9.17) is 9.47 Å². The largest absolute Gasteiger partial charge is 0.493 e. The molecule has 0 saturated heterocycles. The highest BCUT2D eigenvalue weighted by atomic mass is 16.5. The summed E-state index contributed by atoms with van der Waals surface area (Å²) in [6.45, 7) is 2.14. The van der Waals surface area contributed by atoms with Gasteiger partial charge in [-0.2, -0.15) is 0 Å². The first kappa shape index (κ1) is 17.7. The van der Waals surface area contributed by atoms with Crippen LogP contribution in [0.5, 0.6) is 5.75 Å². The summed E-state index contributed by atoms with van der Waals surface area (Å²) in [5.74, 6) is -0.421. The van der Waals surface area contributed by atoms with Crippen molar-refractivity contribution in [2.75, 3.05) is 19.8 Å². The Kier molecular flexibility index (Phi) is 5.31. The van der Waals surface area contributed by atoms with E-state index in [1.807, 2.05) is 31.2 Å². The van der Waals surface area contributed by atoms with Gasteiger partial charge in [0.15, 0.2) is 0 Å². The molecule has 0 fully saturated rings. The van der Waals surface area contributed by atoms with Gasteiger partial charge in [0.1, 0.15) is 12.4 Å². The van der Waals surface area contributed by atoms with Gasteiger partial charge < -0.3 is 9.47 Å². The average molecular weight is 353 g/mol. The van der Waals surface area contributed by atoms with Gasteiger partial charge in [-0.25, -0.2) is 0 Å². The van der Waals surface area contributed by atoms with Gasteiger partial charge in [-0.15, -0.1) is 0 Å². The zero-order valence-electron chi connectivity index (χ0n) is 14.4. The first-order valence-electron chi connectivity index (χ1n) is 8.37. The molecule has 134 valence electrons. The molecule has 0 atom stereocenters. The Hall–Kier alpha value is -3.15. The van der Waals surface area contributed by atoms with Crippen LogP contribution in [0, 0.1) is 6.92 Å². The molecule has 2 aromatic rings. The molecule has 26 heavy (non-hydrogen) atoms. The predicted molar refractivity (Wildman–Crippen MR) is 94.1 cm³/mol. The van der Waals surface area contributed by atoms with Crippen molar-refractivity contribution in [1.82, 2.24) is 4.90 Å². The summed E-state index contributed by atoms with van der Waals surface area (Å²) in [4.78, 5) is 37.3. The summed E-state index contributed by atoms with van der Waals surface area (Å²) in [6, 6.07) is 14.2. The van der Waals surface area contributed by atoms with Crippen LogP contribution in [-0.2, 0) is 9.53 Å². The normalized spacial score (nSPS) is 12.9. The molecule has 0 aliphatic carbocycles. The van der Waals surface area contributed by atoms with Crippen LogP contribution in [0.3, 0.4) is 0 Å². The fourth-order valence-corrected chi connectivity index (χ4v) is 2.73. The first-order valence-corrected chi connectivity index (χ1v) is 8.37. The summed E-state index contributed by atoms with van der Waals surface area (Å²) < 4.78 is 10.6. The molecular formula is C20H19NO5. The van der Waals surface area contributed by atoms with E-state index in [0.29, 0.717) is 11.1 Å². The Labute approximate surface area is 151 Å². The lowest BCUT2D eigenvalue weighted by Crippen LogP contribution is -2.33. The van der Waals surface area contributed by atoms with E-state index in [9.17, 15) is 14.4 Å². The van der Waals surface area contributed by atoms with E-state index >= 15 is 0 Å². The number of aryl methyl sites for hydroxylation is 1. The Balaban J connectivity index is 1.41. The number of nitrogens with zero attached hydrogens (tertiary/aromatic N) is 1. The summed E-state index contributed by atoms with van der Waals surface area (Å²) in [6.07, 6.45) is 0.0937. The van der Waals surface area contributed by atoms with E-state index in [0.717, 1.165) is 16.2 Å². The second kappa shape index (κ2) is 7.82. The summed E-state index contributed by atoms with van der Waals surface area (Å²) in [5, 5.41) is 0. The molecule has 0 radical (unpaired) electrons. The minimum Gasteiger partial charge on any atom is -0.493 e. The van der Waals surface area contributed by atoms with Gasteiger partial charge in [0.25, 0.3) is 11.8 Å². The van der Waals surface area contributed by atoms with Crippen molar-refractivity contribution in [2.24, 2.45) is 0 Å². The monoisotopic (exact) mass is 353 g/mol. The number of esters is 1. The second-order valence-electron chi connectivity index (χ2n) is 5.89. The number of amides is 2. The third kappa shape index (κ3) is 3.74. The number of hydrogen-bond acceptors (Lipinski definition) is 5. The summed E-state index contributed by atoms with van der Waals surface area (Å²) >= 11 is 0. The maximum atomic E-state index is 12.2. The van der Waals surface area contributed by atoms with Crippen LogP contribution in [0.1, 0.15) is 32.7 Å². The lowest BCUT2D eigenvalue weighted by atomic mass is 10.1. The molecule has 0 bridgehead atoms. The van der Waals surface area contributed by atoms with Gasteiger partial charge in [0, 0.05) is 0 Å². The Bertz CT molecular complexity index is 811. The van der Waals surface area contributed by atoms with Crippen molar-refractivity contribution in [3.8, 4) is 5.75 Å². The molecule has 1 heterocycles. The van der Waals surface area contributed by atoms with Gasteiger partial charge in [-0.3, -0.25) is 19.3 Å². The molecule has 1 aliphatic rings. The number of hydrogen-bond donors (Lipinski definition) is 0. The molecule has 6 heteroatoms. The minimum atomic E-state index is -0.435. The molecule has 3 rings (SSSR count). The summed E-state index contributed by atoms with van der Waals surface area (Å²) in [5.41, 5.74) is 1.76. The minimum absolute atomic E-state index is 0.0331. The van der Waals surface area contributed by atoms with Gasteiger partial charge >= 0.3 is 5.97 Å². The maximum Gasteiger partial charge on any atom is 0.309 e. The number of imide groups is 1. The third-order valence-corrected chi connectivity index (χ3v) is 4.11. The quantitative estimate of drug-likeness (QED) is 0.565. The van der Waals surface area contributed by atoms with Crippen molar-refractivity contribution in [3.05, 3.63) is 65.2 Å². The van der Waals surface area contributed by atoms with Crippen molar-refractivity contribution in [3.63, 3.8) is 0 Å². The van der Waals surface area contributed by atoms with Gasteiger partial charge in [-0.05, 0) is 30.7 Å². The van der Waals surface area contributed by atoms with Crippen LogP contribution in [-0.4, -0.2) is 42.4 Å². The molecule has 0 N–H and O–H groups in total. The van der Waals surface area contributed by atoms with Crippen molar-refractivity contribution >= 4 is 17.8 Å². The van der Waals surface area contributed by atoms with Crippen molar-refractivity contribution in [2.45, 2.75) is 13.3 Å². The van der Waals surface area contributed by atoms with E-state index in [-0.39, 0.29) is 38.0 Å². The average Bonchev–Trinajstić information content (AvgIpc) is 2.88. The molecule has 6 nitrogen and oxygen atoms in total. The summed E-state index contributed by atoms with van der Waals surface area (Å²) in [7, 11) is 0. The molecule has 0 unspecified atom stereocenters. The number of benzene rings is 2. The second-order valence-corrected chi connectivity index (χ2v) is 5.89. The number of carbonyl (C=O) groups excluding carboxylic acids is 3. The Morgan fingerprint density at radius 1 is 0.923 bits per heavy atom. The zero-order valence-corrected chi connectivity index (χ0v) is 14.4. The van der Waals surface area contributed by atoms with Crippen molar-refractivity contribution < 1.29 is 23.9 Å². The maximum absolute atomic E-state index is 12.2. The Morgan fingerprint density at radius 2 is 1.54 bits per heavy atom. The fourth-order valence-electron chi connectivity index (χ4n) is 2.73. The SMILES string of the molecule is Cc1ccccc1OCCC(=O)OCCN1C(=O)c2ccccc2C1=O. The number of rotatable bonds is 7. The lowest BCUT2D eigenvalue weighted by Gasteiger charge is -2.14. The molecule has 2 amide bonds. The number of ether oxygens (including phenoxy) is 2. The van der Waals surface area contributed by atoms with E-state index < -0.39 is 5.97 Å². The molecular weight excluding hydrogens is 334 g/mol. The predicted octanol–water partition coefficient (Wildman–Crippen LogP) is 2.60. The van der Waals surface area contributed by atoms with Crippen LogP contribution < -0.4 is 4.74 Å². The van der Waals surface area contributed by atoms with Gasteiger partial charge in [0.2, 0.25) is 0 Å². The topological polar surface area (TPSA) is 72.9 Å². The lowest BCUT2D eigenvalue weighted by molar-refractivity contribution is -0.144. The molecule has 0 saturated carbocycles. The number of fused-ring (bicyclic) bond motifs is 1. The van der Waals surface area contributed by atoms with Crippen molar-refractivity contribution in [1.29, 1.82) is 0 Å². The van der Waals surface area contributed by atoms with Crippen LogP contribution >= 0.6 is 0 Å². The van der Waals surface area contributed by atoms with E-state index in [2.05, 4.69) is 0 Å². The van der Waals surface area contributed by atoms with Crippen LogP contribution in [0.4, 0.5) is 0 Å². The van der Waals surface area contributed by atoms with Crippen LogP contribution in [0.15, 0.2) is 48.5 Å².